The minimum atomic E-state index is -4.44. The third-order valence-electron chi connectivity index (χ3n) is 3.52. The maximum atomic E-state index is 12.2. The van der Waals surface area contributed by atoms with Crippen LogP contribution in [0.2, 0.25) is 0 Å². The standard InChI is InChI=1S/C15H17F3N2O5/c1-24-13(22)12-6-10(21)7-20(12)14(23)19-9-2-4-11(5-3-9)25-8-15(16,17)18/h2-5,10,12,21H,6-8H2,1H3,(H,19,23)/t10-,12?/m0/s1. The molecule has 2 amide bonds. The van der Waals surface area contributed by atoms with Crippen molar-refractivity contribution >= 4 is 17.7 Å². The number of hydrogen-bond donors (Lipinski definition) is 2. The molecule has 0 saturated carbocycles. The summed E-state index contributed by atoms with van der Waals surface area (Å²) in [5.41, 5.74) is 0.300. The van der Waals surface area contributed by atoms with Gasteiger partial charge in [0, 0.05) is 18.7 Å². The smallest absolute Gasteiger partial charge is 0.422 e. The molecule has 1 aliphatic heterocycles. The zero-order valence-electron chi connectivity index (χ0n) is 13.2. The lowest BCUT2D eigenvalue weighted by Gasteiger charge is -2.22. The van der Waals surface area contributed by atoms with Gasteiger partial charge in [0.1, 0.15) is 11.8 Å². The Labute approximate surface area is 141 Å². The largest absolute Gasteiger partial charge is 0.484 e. The summed E-state index contributed by atoms with van der Waals surface area (Å²) in [5, 5.41) is 12.2. The number of urea groups is 1. The van der Waals surface area contributed by atoms with Crippen molar-refractivity contribution in [1.29, 1.82) is 0 Å². The number of halogens is 3. The van der Waals surface area contributed by atoms with Crippen molar-refractivity contribution in [3.63, 3.8) is 0 Å². The SMILES string of the molecule is COC(=O)C1C[C@H](O)CN1C(=O)Nc1ccc(OCC(F)(F)F)cc1. The fourth-order valence-corrected chi connectivity index (χ4v) is 2.39. The number of ether oxygens (including phenoxy) is 2. The average Bonchev–Trinajstić information content (AvgIpc) is 2.95. The van der Waals surface area contributed by atoms with Crippen LogP contribution in [0.3, 0.4) is 0 Å². The Hall–Kier alpha value is -2.49. The summed E-state index contributed by atoms with van der Waals surface area (Å²) in [6.45, 7) is -1.44. The van der Waals surface area contributed by atoms with Crippen molar-refractivity contribution in [3.8, 4) is 5.75 Å². The molecule has 1 unspecified atom stereocenters. The summed E-state index contributed by atoms with van der Waals surface area (Å²) in [6, 6.07) is 3.76. The summed E-state index contributed by atoms with van der Waals surface area (Å²) in [4.78, 5) is 25.1. The van der Waals surface area contributed by atoms with Gasteiger partial charge in [-0.3, -0.25) is 0 Å². The minimum Gasteiger partial charge on any atom is -0.484 e. The molecule has 1 aromatic rings. The van der Waals surface area contributed by atoms with E-state index in [9.17, 15) is 27.9 Å². The number of nitrogens with one attached hydrogen (secondary N) is 1. The monoisotopic (exact) mass is 362 g/mol. The number of alkyl halides is 3. The van der Waals surface area contributed by atoms with E-state index in [0.717, 1.165) is 4.90 Å². The predicted molar refractivity (Wildman–Crippen MR) is 80.1 cm³/mol. The zero-order chi connectivity index (χ0) is 18.6. The molecule has 2 atom stereocenters. The number of aliphatic hydroxyl groups is 1. The fourth-order valence-electron chi connectivity index (χ4n) is 2.39. The Morgan fingerprint density at radius 3 is 2.52 bits per heavy atom. The molecule has 0 aromatic heterocycles. The van der Waals surface area contributed by atoms with E-state index in [1.54, 1.807) is 0 Å². The Bertz CT molecular complexity index is 621. The maximum Gasteiger partial charge on any atom is 0.422 e. The summed E-state index contributed by atoms with van der Waals surface area (Å²) in [5.74, 6) is -0.637. The second kappa shape index (κ2) is 7.60. The molecule has 2 N–H and O–H groups in total. The lowest BCUT2D eigenvalue weighted by atomic mass is 10.2. The highest BCUT2D eigenvalue weighted by Crippen LogP contribution is 2.23. The number of carbonyl (C=O) groups is 2. The molecule has 0 spiro atoms. The minimum absolute atomic E-state index is 0.000596. The van der Waals surface area contributed by atoms with E-state index in [2.05, 4.69) is 14.8 Å². The van der Waals surface area contributed by atoms with Crippen LogP contribution in [-0.4, -0.2) is 60.6 Å². The third-order valence-corrected chi connectivity index (χ3v) is 3.52. The van der Waals surface area contributed by atoms with Crippen LogP contribution in [0.15, 0.2) is 24.3 Å². The number of anilines is 1. The molecule has 0 radical (unpaired) electrons. The third kappa shape index (κ3) is 5.24. The van der Waals surface area contributed by atoms with Gasteiger partial charge in [0.05, 0.1) is 13.2 Å². The van der Waals surface area contributed by atoms with Crippen LogP contribution in [0.1, 0.15) is 6.42 Å². The molecular formula is C15H17F3N2O5. The van der Waals surface area contributed by atoms with Gasteiger partial charge in [0.25, 0.3) is 0 Å². The normalized spacial score (nSPS) is 20.3. The summed E-state index contributed by atoms with van der Waals surface area (Å²) >= 11 is 0. The first-order chi connectivity index (χ1) is 11.7. The quantitative estimate of drug-likeness (QED) is 0.797. The maximum absolute atomic E-state index is 12.2. The van der Waals surface area contributed by atoms with E-state index in [4.69, 9.17) is 0 Å². The number of hydrogen-bond acceptors (Lipinski definition) is 5. The van der Waals surface area contributed by atoms with Gasteiger partial charge in [0.15, 0.2) is 6.61 Å². The number of rotatable bonds is 4. The van der Waals surface area contributed by atoms with E-state index in [0.29, 0.717) is 5.69 Å². The van der Waals surface area contributed by atoms with Crippen LogP contribution in [0, 0.1) is 0 Å². The van der Waals surface area contributed by atoms with E-state index < -0.39 is 36.9 Å². The van der Waals surface area contributed by atoms with Crippen LogP contribution >= 0.6 is 0 Å². The van der Waals surface area contributed by atoms with Crippen LogP contribution in [0.25, 0.3) is 0 Å². The Morgan fingerprint density at radius 1 is 1.32 bits per heavy atom. The highest BCUT2D eigenvalue weighted by molar-refractivity contribution is 5.93. The van der Waals surface area contributed by atoms with Gasteiger partial charge in [-0.15, -0.1) is 0 Å². The van der Waals surface area contributed by atoms with Gasteiger partial charge in [0.2, 0.25) is 0 Å². The zero-order valence-corrected chi connectivity index (χ0v) is 13.2. The number of nitrogens with zero attached hydrogens (tertiary/aromatic N) is 1. The molecule has 7 nitrogen and oxygen atoms in total. The van der Waals surface area contributed by atoms with Gasteiger partial charge in [-0.05, 0) is 24.3 Å². The van der Waals surface area contributed by atoms with Crippen molar-refractivity contribution < 1.29 is 37.3 Å². The first-order valence-corrected chi connectivity index (χ1v) is 7.32. The summed E-state index contributed by atoms with van der Waals surface area (Å²) in [7, 11) is 1.18. The molecule has 1 aromatic carbocycles. The van der Waals surface area contributed by atoms with Gasteiger partial charge < -0.3 is 24.8 Å². The number of carbonyl (C=O) groups excluding carboxylic acids is 2. The topological polar surface area (TPSA) is 88.1 Å². The number of benzene rings is 1. The lowest BCUT2D eigenvalue weighted by Crippen LogP contribution is -2.43. The fraction of sp³-hybridized carbons (Fsp3) is 0.467. The van der Waals surface area contributed by atoms with E-state index in [1.807, 2.05) is 0 Å². The number of aliphatic hydroxyl groups excluding tert-OH is 1. The molecule has 0 aliphatic carbocycles. The van der Waals surface area contributed by atoms with Crippen LogP contribution in [0.5, 0.6) is 5.75 Å². The Kier molecular flexibility index (Phi) is 5.73. The number of esters is 1. The first-order valence-electron chi connectivity index (χ1n) is 7.32. The van der Waals surface area contributed by atoms with Crippen molar-refractivity contribution in [3.05, 3.63) is 24.3 Å². The molecule has 1 fully saturated rings. The second-order valence-corrected chi connectivity index (χ2v) is 5.44. The molecule has 1 aliphatic rings. The van der Waals surface area contributed by atoms with Crippen molar-refractivity contribution in [2.75, 3.05) is 25.6 Å². The van der Waals surface area contributed by atoms with Gasteiger partial charge in [-0.2, -0.15) is 13.2 Å². The van der Waals surface area contributed by atoms with Crippen LogP contribution in [0.4, 0.5) is 23.7 Å². The van der Waals surface area contributed by atoms with E-state index in [1.165, 1.54) is 31.4 Å². The molecule has 0 bridgehead atoms. The molecule has 1 heterocycles. The summed E-state index contributed by atoms with van der Waals surface area (Å²) < 4.78 is 45.4. The van der Waals surface area contributed by atoms with Crippen molar-refractivity contribution in [1.82, 2.24) is 4.90 Å². The highest BCUT2D eigenvalue weighted by atomic mass is 19.4. The van der Waals surface area contributed by atoms with E-state index >= 15 is 0 Å². The van der Waals surface area contributed by atoms with Gasteiger partial charge >= 0.3 is 18.2 Å². The Morgan fingerprint density at radius 2 is 1.96 bits per heavy atom. The van der Waals surface area contributed by atoms with Crippen LogP contribution in [-0.2, 0) is 9.53 Å². The van der Waals surface area contributed by atoms with Crippen molar-refractivity contribution in [2.24, 2.45) is 0 Å². The Balaban J connectivity index is 1.97. The number of amides is 2. The van der Waals surface area contributed by atoms with E-state index in [-0.39, 0.29) is 18.7 Å². The number of β-amino-alcohol motifs (C(OH)–C–C–N with tert-alkyl or cyclic N) is 1. The average molecular weight is 362 g/mol. The van der Waals surface area contributed by atoms with Gasteiger partial charge in [-0.1, -0.05) is 0 Å². The molecular weight excluding hydrogens is 345 g/mol. The second-order valence-electron chi connectivity index (χ2n) is 5.44. The molecule has 10 heteroatoms. The summed E-state index contributed by atoms with van der Waals surface area (Å²) in [6.07, 6.45) is -5.20. The molecule has 138 valence electrons. The number of likely N-dealkylation sites (tertiary alicyclic amines) is 1. The van der Waals surface area contributed by atoms with Crippen molar-refractivity contribution in [2.45, 2.75) is 24.7 Å². The molecule has 25 heavy (non-hydrogen) atoms. The predicted octanol–water partition coefficient (Wildman–Crippen LogP) is 1.77. The lowest BCUT2D eigenvalue weighted by molar-refractivity contribution is -0.153. The van der Waals surface area contributed by atoms with Gasteiger partial charge in [-0.25, -0.2) is 9.59 Å². The first kappa shape index (κ1) is 18.8. The highest BCUT2D eigenvalue weighted by Gasteiger charge is 2.39. The number of methoxy groups -OCH3 is 1. The molecule has 2 rings (SSSR count). The van der Waals surface area contributed by atoms with Crippen LogP contribution < -0.4 is 10.1 Å². The molecule has 1 saturated heterocycles.